The molecule has 1 atom stereocenters. The van der Waals surface area contributed by atoms with Crippen LogP contribution >= 0.6 is 0 Å². The van der Waals surface area contributed by atoms with Gasteiger partial charge in [-0.15, -0.1) is 0 Å². The van der Waals surface area contributed by atoms with Gasteiger partial charge in [0.1, 0.15) is 0 Å². The van der Waals surface area contributed by atoms with Gasteiger partial charge in [0, 0.05) is 56.9 Å². The Morgan fingerprint density at radius 1 is 1.14 bits per heavy atom. The Kier molecular flexibility index (Phi) is 6.56. The standard InChI is InChI=1S/C22H31N5O2/c1-25-12-19(11-24-25)13-26-14-21(29-17-18-6-5-9-23-10-18)15-27(22(28)16-26)20-7-3-2-4-8-20/h5-6,9-12,20-21H,2-4,7-8,13-17H2,1H3. The molecule has 0 bridgehead atoms. The van der Waals surface area contributed by atoms with E-state index in [1.54, 1.807) is 10.9 Å². The first-order chi connectivity index (χ1) is 14.2. The third-order valence-electron chi connectivity index (χ3n) is 5.93. The minimum absolute atomic E-state index is 0.0137. The number of hydrogen-bond acceptors (Lipinski definition) is 5. The van der Waals surface area contributed by atoms with Crippen LogP contribution in [0.5, 0.6) is 0 Å². The number of aryl methyl sites for hydroxylation is 1. The van der Waals surface area contributed by atoms with Crippen LogP contribution in [0.25, 0.3) is 0 Å². The summed E-state index contributed by atoms with van der Waals surface area (Å²) in [4.78, 5) is 21.6. The smallest absolute Gasteiger partial charge is 0.237 e. The van der Waals surface area contributed by atoms with E-state index >= 15 is 0 Å². The second-order valence-electron chi connectivity index (χ2n) is 8.32. The zero-order chi connectivity index (χ0) is 20.1. The Morgan fingerprint density at radius 3 is 2.72 bits per heavy atom. The van der Waals surface area contributed by atoms with E-state index in [2.05, 4.69) is 19.9 Å². The number of aromatic nitrogens is 3. The highest BCUT2D eigenvalue weighted by molar-refractivity contribution is 5.79. The van der Waals surface area contributed by atoms with Crippen molar-refractivity contribution >= 4 is 5.91 Å². The highest BCUT2D eigenvalue weighted by Crippen LogP contribution is 2.25. The monoisotopic (exact) mass is 397 g/mol. The first-order valence-electron chi connectivity index (χ1n) is 10.7. The number of pyridine rings is 1. The van der Waals surface area contributed by atoms with Crippen molar-refractivity contribution in [2.45, 2.75) is 57.4 Å². The van der Waals surface area contributed by atoms with Crippen LogP contribution in [0, 0.1) is 0 Å². The zero-order valence-corrected chi connectivity index (χ0v) is 17.2. The van der Waals surface area contributed by atoms with Gasteiger partial charge in [-0.05, 0) is 24.5 Å². The minimum Gasteiger partial charge on any atom is -0.370 e. The molecule has 2 aliphatic rings. The maximum atomic E-state index is 13.1. The fraction of sp³-hybridized carbons (Fsp3) is 0.591. The van der Waals surface area contributed by atoms with Crippen molar-refractivity contribution in [2.24, 2.45) is 7.05 Å². The van der Waals surface area contributed by atoms with Crippen LogP contribution in [0.1, 0.15) is 43.2 Å². The van der Waals surface area contributed by atoms with Gasteiger partial charge in [0.25, 0.3) is 0 Å². The molecule has 4 rings (SSSR count). The summed E-state index contributed by atoms with van der Waals surface area (Å²) in [5, 5.41) is 4.26. The van der Waals surface area contributed by atoms with Crippen LogP contribution in [0.3, 0.4) is 0 Å². The van der Waals surface area contributed by atoms with Crippen molar-refractivity contribution in [3.63, 3.8) is 0 Å². The van der Waals surface area contributed by atoms with E-state index in [1.165, 1.54) is 19.3 Å². The molecule has 7 heteroatoms. The average molecular weight is 398 g/mol. The van der Waals surface area contributed by atoms with E-state index in [9.17, 15) is 4.79 Å². The van der Waals surface area contributed by atoms with Gasteiger partial charge in [-0.25, -0.2) is 0 Å². The Bertz CT molecular complexity index is 788. The number of carbonyl (C=O) groups excluding carboxylic acids is 1. The fourth-order valence-corrected chi connectivity index (χ4v) is 4.49. The largest absolute Gasteiger partial charge is 0.370 e. The molecule has 1 unspecified atom stereocenters. The first kappa shape index (κ1) is 20.0. The quantitative estimate of drug-likeness (QED) is 0.749. The molecule has 2 aromatic heterocycles. The second kappa shape index (κ2) is 9.50. The summed E-state index contributed by atoms with van der Waals surface area (Å²) in [5.74, 6) is 0.230. The number of rotatable bonds is 6. The van der Waals surface area contributed by atoms with Gasteiger partial charge in [-0.3, -0.25) is 19.4 Å². The Hall–Kier alpha value is -2.25. The van der Waals surface area contributed by atoms with Gasteiger partial charge in [0.15, 0.2) is 0 Å². The van der Waals surface area contributed by atoms with Gasteiger partial charge in [-0.2, -0.15) is 5.10 Å². The maximum absolute atomic E-state index is 13.1. The zero-order valence-electron chi connectivity index (χ0n) is 17.2. The predicted octanol–water partition coefficient (Wildman–Crippen LogP) is 2.38. The first-order valence-corrected chi connectivity index (χ1v) is 10.7. The number of nitrogens with zero attached hydrogens (tertiary/aromatic N) is 5. The van der Waals surface area contributed by atoms with Gasteiger partial charge in [0.05, 0.1) is 25.5 Å². The van der Waals surface area contributed by atoms with E-state index in [-0.39, 0.29) is 12.0 Å². The average Bonchev–Trinajstić information content (AvgIpc) is 3.07. The summed E-state index contributed by atoms with van der Waals surface area (Å²) in [6.45, 7) is 3.09. The molecule has 1 aliphatic heterocycles. The van der Waals surface area contributed by atoms with Crippen molar-refractivity contribution in [1.82, 2.24) is 24.6 Å². The Morgan fingerprint density at radius 2 is 2.00 bits per heavy atom. The third-order valence-corrected chi connectivity index (χ3v) is 5.93. The summed E-state index contributed by atoms with van der Waals surface area (Å²) < 4.78 is 8.10. The lowest BCUT2D eigenvalue weighted by molar-refractivity contribution is -0.135. The Labute approximate surface area is 172 Å². The molecule has 0 spiro atoms. The maximum Gasteiger partial charge on any atom is 0.237 e. The third kappa shape index (κ3) is 5.42. The normalized spacial score (nSPS) is 22.0. The van der Waals surface area contributed by atoms with Crippen molar-refractivity contribution in [2.75, 3.05) is 19.6 Å². The van der Waals surface area contributed by atoms with Gasteiger partial charge in [0.2, 0.25) is 5.91 Å². The number of carbonyl (C=O) groups is 1. The molecule has 1 saturated carbocycles. The molecule has 29 heavy (non-hydrogen) atoms. The van der Waals surface area contributed by atoms with Crippen molar-refractivity contribution in [3.8, 4) is 0 Å². The van der Waals surface area contributed by atoms with Crippen LogP contribution in [-0.4, -0.2) is 62.3 Å². The molecule has 0 aromatic carbocycles. The molecule has 1 aliphatic carbocycles. The summed E-state index contributed by atoms with van der Waals surface area (Å²) >= 11 is 0. The molecular weight excluding hydrogens is 366 g/mol. The SMILES string of the molecule is Cn1cc(CN2CC(=O)N(C3CCCCC3)CC(OCc3cccnc3)C2)cn1. The predicted molar refractivity (Wildman–Crippen MR) is 110 cm³/mol. The Balaban J connectivity index is 1.47. The van der Waals surface area contributed by atoms with Crippen LogP contribution in [0.15, 0.2) is 36.9 Å². The van der Waals surface area contributed by atoms with Gasteiger partial charge in [-0.1, -0.05) is 25.3 Å². The van der Waals surface area contributed by atoms with E-state index in [0.29, 0.717) is 32.3 Å². The highest BCUT2D eigenvalue weighted by atomic mass is 16.5. The van der Waals surface area contributed by atoms with Crippen molar-refractivity contribution < 1.29 is 9.53 Å². The fourth-order valence-electron chi connectivity index (χ4n) is 4.49. The number of ether oxygens (including phenoxy) is 1. The van der Waals surface area contributed by atoms with Crippen LogP contribution < -0.4 is 0 Å². The van der Waals surface area contributed by atoms with E-state index < -0.39 is 0 Å². The summed E-state index contributed by atoms with van der Waals surface area (Å²) in [5.41, 5.74) is 2.18. The molecule has 156 valence electrons. The molecule has 1 saturated heterocycles. The van der Waals surface area contributed by atoms with Crippen molar-refractivity contribution in [1.29, 1.82) is 0 Å². The van der Waals surface area contributed by atoms with E-state index in [0.717, 1.165) is 30.5 Å². The van der Waals surface area contributed by atoms with E-state index in [1.807, 2.05) is 37.8 Å². The van der Waals surface area contributed by atoms with E-state index in [4.69, 9.17) is 4.74 Å². The molecule has 2 fully saturated rings. The highest BCUT2D eigenvalue weighted by Gasteiger charge is 2.33. The molecule has 0 radical (unpaired) electrons. The van der Waals surface area contributed by atoms with Gasteiger partial charge < -0.3 is 9.64 Å². The number of amides is 1. The lowest BCUT2D eigenvalue weighted by atomic mass is 9.94. The number of hydrogen-bond donors (Lipinski definition) is 0. The lowest BCUT2D eigenvalue weighted by Crippen LogP contribution is -2.45. The van der Waals surface area contributed by atoms with Crippen molar-refractivity contribution in [3.05, 3.63) is 48.0 Å². The minimum atomic E-state index is -0.0137. The van der Waals surface area contributed by atoms with Crippen LogP contribution in [0.2, 0.25) is 0 Å². The molecular formula is C22H31N5O2. The molecule has 1 amide bonds. The topological polar surface area (TPSA) is 63.5 Å². The summed E-state index contributed by atoms with van der Waals surface area (Å²) in [7, 11) is 1.92. The lowest BCUT2D eigenvalue weighted by Gasteiger charge is -2.35. The molecule has 3 heterocycles. The van der Waals surface area contributed by atoms with Gasteiger partial charge >= 0.3 is 0 Å². The molecule has 2 aromatic rings. The van der Waals surface area contributed by atoms with Crippen LogP contribution in [-0.2, 0) is 29.7 Å². The summed E-state index contributed by atoms with van der Waals surface area (Å²) in [6.07, 6.45) is 13.4. The molecule has 0 N–H and O–H groups in total. The van der Waals surface area contributed by atoms with Crippen LogP contribution in [0.4, 0.5) is 0 Å². The molecule has 7 nitrogen and oxygen atoms in total. The summed E-state index contributed by atoms with van der Waals surface area (Å²) in [6, 6.07) is 4.32. The second-order valence-corrected chi connectivity index (χ2v) is 8.32.